The Morgan fingerprint density at radius 2 is 1.26 bits per heavy atom. The lowest BCUT2D eigenvalue weighted by molar-refractivity contribution is 0.234. The first-order valence-electron chi connectivity index (χ1n) is 11.3. The summed E-state index contributed by atoms with van der Waals surface area (Å²) >= 11 is 0. The van der Waals surface area contributed by atoms with E-state index in [1.54, 1.807) is 0 Å². The summed E-state index contributed by atoms with van der Waals surface area (Å²) in [4.78, 5) is 0. The first-order chi connectivity index (χ1) is 13.0. The summed E-state index contributed by atoms with van der Waals surface area (Å²) in [7, 11) is -4.35. The van der Waals surface area contributed by atoms with Crippen molar-refractivity contribution in [3.8, 4) is 0 Å². The quantitative estimate of drug-likeness (QED) is 0.132. The fraction of sp³-hybridized carbons (Fsp3) is 0.909. The van der Waals surface area contributed by atoms with Crippen LogP contribution in [0.15, 0.2) is 12.2 Å². The molecule has 0 aliphatic heterocycles. The number of unbranched alkanes of at least 4 members (excludes halogenated alkanes) is 13. The van der Waals surface area contributed by atoms with E-state index in [2.05, 4.69) is 30.2 Å². The molecule has 1 atom stereocenters. The Hall–Kier alpha value is -0.390. The molecule has 27 heavy (non-hydrogen) atoms. The van der Waals surface area contributed by atoms with E-state index >= 15 is 0 Å². The van der Waals surface area contributed by atoms with E-state index in [9.17, 15) is 8.42 Å². The van der Waals surface area contributed by atoms with Crippen molar-refractivity contribution in [3.05, 3.63) is 12.2 Å². The zero-order chi connectivity index (χ0) is 20.2. The lowest BCUT2D eigenvalue weighted by atomic mass is 9.99. The van der Waals surface area contributed by atoms with Crippen molar-refractivity contribution in [2.45, 2.75) is 117 Å². The molecule has 162 valence electrons. The van der Waals surface area contributed by atoms with Crippen LogP contribution in [0.4, 0.5) is 0 Å². The number of hydrogen-bond acceptors (Lipinski definition) is 3. The molecule has 0 amide bonds. The molecule has 0 spiro atoms. The fourth-order valence-corrected chi connectivity index (χ4v) is 3.63. The van der Waals surface area contributed by atoms with Gasteiger partial charge in [0.25, 0.3) is 0 Å². The molecule has 0 fully saturated rings. The van der Waals surface area contributed by atoms with Crippen molar-refractivity contribution in [1.29, 1.82) is 0 Å². The zero-order valence-electron chi connectivity index (χ0n) is 17.8. The van der Waals surface area contributed by atoms with Crippen molar-refractivity contribution in [1.82, 2.24) is 0 Å². The second kappa shape index (κ2) is 18.9. The van der Waals surface area contributed by atoms with E-state index in [0.717, 1.165) is 25.7 Å². The zero-order valence-corrected chi connectivity index (χ0v) is 18.6. The van der Waals surface area contributed by atoms with Crippen LogP contribution in [0.25, 0.3) is 0 Å². The SMILES string of the molecule is CCCCC/C=C/C(CCCCCCCCCCCCC)COS(=O)(=O)O. The topological polar surface area (TPSA) is 63.6 Å². The number of allylic oxidation sites excluding steroid dienone is 1. The second-order valence-corrected chi connectivity index (χ2v) is 8.81. The molecule has 0 aliphatic rings. The molecule has 1 unspecified atom stereocenters. The molecule has 0 radical (unpaired) electrons. The van der Waals surface area contributed by atoms with Gasteiger partial charge in [-0.3, -0.25) is 4.55 Å². The van der Waals surface area contributed by atoms with Crippen LogP contribution in [-0.2, 0) is 14.6 Å². The van der Waals surface area contributed by atoms with Crippen LogP contribution >= 0.6 is 0 Å². The normalized spacial score (nSPS) is 13.4. The van der Waals surface area contributed by atoms with Crippen LogP contribution in [0.1, 0.15) is 117 Å². The number of rotatable bonds is 20. The van der Waals surface area contributed by atoms with Gasteiger partial charge in [0, 0.05) is 5.92 Å². The molecular weight excluding hydrogens is 360 g/mol. The van der Waals surface area contributed by atoms with Crippen LogP contribution < -0.4 is 0 Å². The lowest BCUT2D eigenvalue weighted by Crippen LogP contribution is -2.12. The van der Waals surface area contributed by atoms with Gasteiger partial charge in [0.05, 0.1) is 6.61 Å². The van der Waals surface area contributed by atoms with E-state index in [1.165, 1.54) is 77.0 Å². The summed E-state index contributed by atoms with van der Waals surface area (Å²) < 4.78 is 35.0. The van der Waals surface area contributed by atoms with Crippen LogP contribution in [-0.4, -0.2) is 19.6 Å². The van der Waals surface area contributed by atoms with E-state index in [-0.39, 0.29) is 12.5 Å². The molecule has 0 aromatic heterocycles. The Morgan fingerprint density at radius 1 is 0.778 bits per heavy atom. The summed E-state index contributed by atoms with van der Waals surface area (Å²) in [5.41, 5.74) is 0. The maximum atomic E-state index is 10.8. The highest BCUT2D eigenvalue weighted by Gasteiger charge is 2.11. The van der Waals surface area contributed by atoms with Crippen molar-refractivity contribution in [2.24, 2.45) is 5.92 Å². The van der Waals surface area contributed by atoms with Crippen molar-refractivity contribution in [3.63, 3.8) is 0 Å². The summed E-state index contributed by atoms with van der Waals surface area (Å²) in [6, 6.07) is 0. The van der Waals surface area contributed by atoms with Crippen LogP contribution in [0.5, 0.6) is 0 Å². The Labute approximate surface area is 169 Å². The monoisotopic (exact) mass is 404 g/mol. The third kappa shape index (κ3) is 21.8. The molecule has 0 aliphatic carbocycles. The average molecular weight is 405 g/mol. The second-order valence-electron chi connectivity index (χ2n) is 7.72. The van der Waals surface area contributed by atoms with Crippen LogP contribution in [0.2, 0.25) is 0 Å². The predicted octanol–water partition coefficient (Wildman–Crippen LogP) is 7.26. The van der Waals surface area contributed by atoms with E-state index in [4.69, 9.17) is 4.55 Å². The highest BCUT2D eigenvalue weighted by atomic mass is 32.3. The van der Waals surface area contributed by atoms with Crippen LogP contribution in [0.3, 0.4) is 0 Å². The van der Waals surface area contributed by atoms with Gasteiger partial charge in [-0.15, -0.1) is 0 Å². The van der Waals surface area contributed by atoms with Gasteiger partial charge in [0.2, 0.25) is 0 Å². The maximum Gasteiger partial charge on any atom is 0.397 e. The predicted molar refractivity (Wildman–Crippen MR) is 115 cm³/mol. The molecule has 0 heterocycles. The molecule has 0 saturated heterocycles. The van der Waals surface area contributed by atoms with Gasteiger partial charge in [-0.1, -0.05) is 109 Å². The first kappa shape index (κ1) is 26.6. The van der Waals surface area contributed by atoms with Gasteiger partial charge in [-0.2, -0.15) is 8.42 Å². The third-order valence-corrected chi connectivity index (χ3v) is 5.43. The molecule has 0 saturated carbocycles. The molecule has 0 aromatic carbocycles. The van der Waals surface area contributed by atoms with Crippen molar-refractivity contribution in [2.75, 3.05) is 6.61 Å². The van der Waals surface area contributed by atoms with E-state index < -0.39 is 10.4 Å². The Morgan fingerprint density at radius 3 is 1.78 bits per heavy atom. The number of hydrogen-bond donors (Lipinski definition) is 1. The smallest absolute Gasteiger partial charge is 0.264 e. The molecule has 5 heteroatoms. The molecular formula is C22H44O4S. The summed E-state index contributed by atoms with van der Waals surface area (Å²) in [5, 5.41) is 0. The summed E-state index contributed by atoms with van der Waals surface area (Å²) in [5.74, 6) is 0.0621. The van der Waals surface area contributed by atoms with Gasteiger partial charge < -0.3 is 0 Å². The van der Waals surface area contributed by atoms with Gasteiger partial charge in [-0.05, 0) is 19.3 Å². The molecule has 0 aromatic rings. The Balaban J connectivity index is 3.83. The van der Waals surface area contributed by atoms with Gasteiger partial charge in [-0.25, -0.2) is 4.18 Å². The minimum atomic E-state index is -4.35. The molecule has 0 bridgehead atoms. The minimum absolute atomic E-state index is 0.0425. The highest BCUT2D eigenvalue weighted by Crippen LogP contribution is 2.16. The van der Waals surface area contributed by atoms with Crippen LogP contribution in [0, 0.1) is 5.92 Å². The minimum Gasteiger partial charge on any atom is -0.264 e. The Bertz CT molecular complexity index is 432. The first-order valence-corrected chi connectivity index (χ1v) is 12.6. The third-order valence-electron chi connectivity index (χ3n) is 4.99. The molecule has 1 N–H and O–H groups in total. The van der Waals surface area contributed by atoms with Crippen molar-refractivity contribution >= 4 is 10.4 Å². The van der Waals surface area contributed by atoms with Crippen molar-refractivity contribution < 1.29 is 17.2 Å². The molecule has 0 rings (SSSR count). The van der Waals surface area contributed by atoms with E-state index in [1.807, 2.05) is 0 Å². The highest BCUT2D eigenvalue weighted by molar-refractivity contribution is 7.80. The molecule has 4 nitrogen and oxygen atoms in total. The maximum absolute atomic E-state index is 10.8. The average Bonchev–Trinajstić information content (AvgIpc) is 2.62. The fourth-order valence-electron chi connectivity index (χ4n) is 3.28. The Kier molecular flexibility index (Phi) is 18.7. The summed E-state index contributed by atoms with van der Waals surface area (Å²) in [6.07, 6.45) is 24.0. The largest absolute Gasteiger partial charge is 0.397 e. The van der Waals surface area contributed by atoms with Gasteiger partial charge in [0.1, 0.15) is 0 Å². The lowest BCUT2D eigenvalue weighted by Gasteiger charge is -2.12. The van der Waals surface area contributed by atoms with Gasteiger partial charge >= 0.3 is 10.4 Å². The van der Waals surface area contributed by atoms with E-state index in [0.29, 0.717) is 0 Å². The van der Waals surface area contributed by atoms with Gasteiger partial charge in [0.15, 0.2) is 0 Å². The standard InChI is InChI=1S/C22H44O4S/c1-3-5-7-9-10-11-12-13-14-16-18-20-22(21-26-27(23,24)25)19-17-15-8-6-4-2/h17,19,22H,3-16,18,20-21H2,1-2H3,(H,23,24,25)/b19-17+. The summed E-state index contributed by atoms with van der Waals surface area (Å²) in [6.45, 7) is 4.47.